The van der Waals surface area contributed by atoms with E-state index in [1.165, 1.54) is 0 Å². The van der Waals surface area contributed by atoms with Gasteiger partial charge < -0.3 is 14.4 Å². The molecule has 0 bridgehead atoms. The monoisotopic (exact) mass is 292 g/mol. The van der Waals surface area contributed by atoms with Crippen molar-refractivity contribution in [1.82, 2.24) is 9.88 Å². The summed E-state index contributed by atoms with van der Waals surface area (Å²) in [7, 11) is 1.64. The molecule has 0 aliphatic carbocycles. The van der Waals surface area contributed by atoms with Gasteiger partial charge >= 0.3 is 0 Å². The topological polar surface area (TPSA) is 51.7 Å². The minimum Gasteiger partial charge on any atom is -0.382 e. The van der Waals surface area contributed by atoms with Gasteiger partial charge in [-0.2, -0.15) is 0 Å². The van der Waals surface area contributed by atoms with Gasteiger partial charge in [-0.25, -0.2) is 0 Å². The lowest BCUT2D eigenvalue weighted by Crippen LogP contribution is -2.55. The van der Waals surface area contributed by atoms with Crippen molar-refractivity contribution >= 4 is 5.91 Å². The van der Waals surface area contributed by atoms with E-state index in [2.05, 4.69) is 11.9 Å². The van der Waals surface area contributed by atoms with Gasteiger partial charge in [0.2, 0.25) is 0 Å². The van der Waals surface area contributed by atoms with E-state index in [-0.39, 0.29) is 17.6 Å². The number of aromatic nitrogens is 1. The zero-order chi connectivity index (χ0) is 15.5. The third-order valence-electron chi connectivity index (χ3n) is 3.57. The van der Waals surface area contributed by atoms with Gasteiger partial charge in [0.15, 0.2) is 0 Å². The molecule has 0 N–H and O–H groups in total. The van der Waals surface area contributed by atoms with Crippen molar-refractivity contribution in [2.45, 2.75) is 38.9 Å². The highest BCUT2D eigenvalue weighted by Gasteiger charge is 2.36. The molecule has 1 saturated heterocycles. The van der Waals surface area contributed by atoms with Crippen LogP contribution in [0.5, 0.6) is 0 Å². The highest BCUT2D eigenvalue weighted by Crippen LogP contribution is 2.22. The number of pyridine rings is 1. The molecule has 0 saturated carbocycles. The summed E-state index contributed by atoms with van der Waals surface area (Å²) in [4.78, 5) is 18.7. The van der Waals surface area contributed by atoms with Gasteiger partial charge in [0.1, 0.15) is 5.69 Å². The molecule has 21 heavy (non-hydrogen) atoms. The zero-order valence-electron chi connectivity index (χ0n) is 13.3. The number of aryl methyl sites for hydroxylation is 1. The van der Waals surface area contributed by atoms with Crippen LogP contribution in [0.4, 0.5) is 0 Å². The van der Waals surface area contributed by atoms with Gasteiger partial charge in [-0.15, -0.1) is 0 Å². The van der Waals surface area contributed by atoms with Crippen LogP contribution < -0.4 is 0 Å². The maximum absolute atomic E-state index is 12.7. The molecule has 1 fully saturated rings. The second-order valence-electron chi connectivity index (χ2n) is 6.04. The first-order valence-corrected chi connectivity index (χ1v) is 7.36. The lowest BCUT2D eigenvalue weighted by molar-refractivity contribution is -0.143. The molecule has 0 aromatic carbocycles. The SMILES string of the molecule is CCc1ccnc(C(=O)N2C[C@@H](COC)OC(C)(C)C2)c1. The highest BCUT2D eigenvalue weighted by atomic mass is 16.5. The number of methoxy groups -OCH3 is 1. The van der Waals surface area contributed by atoms with Crippen molar-refractivity contribution in [3.63, 3.8) is 0 Å². The number of morpholine rings is 1. The average Bonchev–Trinajstić information content (AvgIpc) is 2.45. The van der Waals surface area contributed by atoms with E-state index in [0.29, 0.717) is 25.4 Å². The zero-order valence-corrected chi connectivity index (χ0v) is 13.3. The van der Waals surface area contributed by atoms with Crippen molar-refractivity contribution in [2.75, 3.05) is 26.8 Å². The van der Waals surface area contributed by atoms with Crippen molar-refractivity contribution in [1.29, 1.82) is 0 Å². The van der Waals surface area contributed by atoms with E-state index >= 15 is 0 Å². The summed E-state index contributed by atoms with van der Waals surface area (Å²) in [6, 6.07) is 3.81. The number of carbonyl (C=O) groups is 1. The first kappa shape index (κ1) is 15.9. The Morgan fingerprint density at radius 2 is 2.33 bits per heavy atom. The number of hydrogen-bond acceptors (Lipinski definition) is 4. The smallest absolute Gasteiger partial charge is 0.272 e. The fraction of sp³-hybridized carbons (Fsp3) is 0.625. The van der Waals surface area contributed by atoms with Crippen LogP contribution in [0, 0.1) is 0 Å². The van der Waals surface area contributed by atoms with Gasteiger partial charge in [0, 0.05) is 26.4 Å². The molecule has 0 unspecified atom stereocenters. The molecule has 0 radical (unpaired) electrons. The van der Waals surface area contributed by atoms with Crippen molar-refractivity contribution in [2.24, 2.45) is 0 Å². The Balaban J connectivity index is 2.16. The molecule has 116 valence electrons. The summed E-state index contributed by atoms with van der Waals surface area (Å²) in [5.41, 5.74) is 1.25. The van der Waals surface area contributed by atoms with Crippen LogP contribution in [-0.4, -0.2) is 54.3 Å². The van der Waals surface area contributed by atoms with Gasteiger partial charge in [-0.1, -0.05) is 6.92 Å². The summed E-state index contributed by atoms with van der Waals surface area (Å²) < 4.78 is 11.1. The van der Waals surface area contributed by atoms with Crippen LogP contribution in [0.15, 0.2) is 18.3 Å². The van der Waals surface area contributed by atoms with E-state index in [9.17, 15) is 4.79 Å². The summed E-state index contributed by atoms with van der Waals surface area (Å²) in [6.07, 6.45) is 2.49. The van der Waals surface area contributed by atoms with Gasteiger partial charge in [0.25, 0.3) is 5.91 Å². The summed E-state index contributed by atoms with van der Waals surface area (Å²) in [6.45, 7) is 7.62. The van der Waals surface area contributed by atoms with E-state index in [1.54, 1.807) is 13.3 Å². The first-order chi connectivity index (χ1) is 9.95. The summed E-state index contributed by atoms with van der Waals surface area (Å²) >= 11 is 0. The largest absolute Gasteiger partial charge is 0.382 e. The lowest BCUT2D eigenvalue weighted by atomic mass is 10.0. The van der Waals surface area contributed by atoms with Crippen LogP contribution in [-0.2, 0) is 15.9 Å². The Hall–Kier alpha value is -1.46. The van der Waals surface area contributed by atoms with Gasteiger partial charge in [0.05, 0.1) is 18.3 Å². The third-order valence-corrected chi connectivity index (χ3v) is 3.57. The number of carbonyl (C=O) groups excluding carboxylic acids is 1. The summed E-state index contributed by atoms with van der Waals surface area (Å²) in [5.74, 6) is -0.0391. The minimum absolute atomic E-state index is 0.0391. The highest BCUT2D eigenvalue weighted by molar-refractivity contribution is 5.92. The Kier molecular flexibility index (Phi) is 4.96. The van der Waals surface area contributed by atoms with Crippen LogP contribution in [0.25, 0.3) is 0 Å². The maximum Gasteiger partial charge on any atom is 0.272 e. The lowest BCUT2D eigenvalue weighted by Gasteiger charge is -2.42. The average molecular weight is 292 g/mol. The normalized spacial score (nSPS) is 21.3. The number of amides is 1. The molecular weight excluding hydrogens is 268 g/mol. The number of ether oxygens (including phenoxy) is 2. The molecule has 2 heterocycles. The van der Waals surface area contributed by atoms with E-state index in [0.717, 1.165) is 12.0 Å². The molecule has 1 aliphatic rings. The van der Waals surface area contributed by atoms with Crippen molar-refractivity contribution < 1.29 is 14.3 Å². The van der Waals surface area contributed by atoms with E-state index in [4.69, 9.17) is 9.47 Å². The molecule has 1 amide bonds. The minimum atomic E-state index is -0.376. The Labute approximate surface area is 126 Å². The predicted molar refractivity (Wildman–Crippen MR) is 80.3 cm³/mol. The maximum atomic E-state index is 12.7. The van der Waals surface area contributed by atoms with Crippen molar-refractivity contribution in [3.8, 4) is 0 Å². The standard InChI is InChI=1S/C16H24N2O3/c1-5-12-6-7-17-14(8-12)15(19)18-9-13(10-20-4)21-16(2,3)11-18/h6-8,13H,5,9-11H2,1-4H3/t13-/m0/s1. The molecule has 1 atom stereocenters. The molecule has 1 aliphatic heterocycles. The molecule has 1 aromatic rings. The summed E-state index contributed by atoms with van der Waals surface area (Å²) in [5, 5.41) is 0. The van der Waals surface area contributed by atoms with Gasteiger partial charge in [-0.3, -0.25) is 9.78 Å². The molecule has 1 aromatic heterocycles. The molecule has 2 rings (SSSR count). The first-order valence-electron chi connectivity index (χ1n) is 7.36. The molecule has 5 nitrogen and oxygen atoms in total. The molecule has 5 heteroatoms. The van der Waals surface area contributed by atoms with Crippen LogP contribution in [0.1, 0.15) is 36.8 Å². The van der Waals surface area contributed by atoms with Crippen LogP contribution in [0.3, 0.4) is 0 Å². The van der Waals surface area contributed by atoms with Crippen LogP contribution >= 0.6 is 0 Å². The fourth-order valence-corrected chi connectivity index (χ4v) is 2.70. The fourth-order valence-electron chi connectivity index (χ4n) is 2.70. The second kappa shape index (κ2) is 6.54. The number of rotatable bonds is 4. The number of hydrogen-bond donors (Lipinski definition) is 0. The van der Waals surface area contributed by atoms with Gasteiger partial charge in [-0.05, 0) is 38.0 Å². The number of nitrogens with zero attached hydrogens (tertiary/aromatic N) is 2. The van der Waals surface area contributed by atoms with E-state index < -0.39 is 0 Å². The second-order valence-corrected chi connectivity index (χ2v) is 6.04. The Bertz CT molecular complexity index is 502. The quantitative estimate of drug-likeness (QED) is 0.850. The Morgan fingerprint density at radius 1 is 1.57 bits per heavy atom. The van der Waals surface area contributed by atoms with E-state index in [1.807, 2.05) is 30.9 Å². The molecule has 0 spiro atoms. The molecular formula is C16H24N2O3. The third kappa shape index (κ3) is 4.02. The van der Waals surface area contributed by atoms with Crippen LogP contribution in [0.2, 0.25) is 0 Å². The van der Waals surface area contributed by atoms with Crippen molar-refractivity contribution in [3.05, 3.63) is 29.6 Å². The Morgan fingerprint density at radius 3 is 3.00 bits per heavy atom. The predicted octanol–water partition coefficient (Wildman–Crippen LogP) is 1.91.